The van der Waals surface area contributed by atoms with Gasteiger partial charge < -0.3 is 9.67 Å². The monoisotopic (exact) mass is 308 g/mol. The molecule has 7 nitrogen and oxygen atoms in total. The molecular formula is C15H24N4O3. The van der Waals surface area contributed by atoms with Crippen molar-refractivity contribution in [3.63, 3.8) is 0 Å². The molecule has 22 heavy (non-hydrogen) atoms. The molecule has 0 atom stereocenters. The Kier molecular flexibility index (Phi) is 5.54. The minimum Gasteiger partial charge on any atom is -0.396 e. The summed E-state index contributed by atoms with van der Waals surface area (Å²) in [5.74, 6) is 0. The molecule has 0 spiro atoms. The number of nitrogens with zero attached hydrogens (tertiary/aromatic N) is 4. The summed E-state index contributed by atoms with van der Waals surface area (Å²) < 4.78 is 4.36. The smallest absolute Gasteiger partial charge is 0.332 e. The van der Waals surface area contributed by atoms with E-state index < -0.39 is 0 Å². The van der Waals surface area contributed by atoms with Crippen molar-refractivity contribution in [2.75, 3.05) is 6.61 Å². The van der Waals surface area contributed by atoms with Gasteiger partial charge in [-0.3, -0.25) is 13.9 Å². The van der Waals surface area contributed by atoms with E-state index in [1.54, 1.807) is 13.4 Å². The van der Waals surface area contributed by atoms with E-state index in [1.807, 2.05) is 4.57 Å². The maximum absolute atomic E-state index is 12.3. The van der Waals surface area contributed by atoms with E-state index >= 15 is 0 Å². The highest BCUT2D eigenvalue weighted by atomic mass is 16.3. The average molecular weight is 308 g/mol. The van der Waals surface area contributed by atoms with E-state index in [1.165, 1.54) is 11.6 Å². The molecule has 0 aliphatic heterocycles. The molecule has 2 heterocycles. The van der Waals surface area contributed by atoms with Crippen LogP contribution in [0.3, 0.4) is 0 Å². The van der Waals surface area contributed by atoms with Gasteiger partial charge in [-0.05, 0) is 12.8 Å². The van der Waals surface area contributed by atoms with Crippen LogP contribution in [0.2, 0.25) is 0 Å². The number of unbranched alkanes of at least 4 members (excludes halogenated alkanes) is 5. The van der Waals surface area contributed by atoms with Crippen LogP contribution in [0.4, 0.5) is 0 Å². The topological polar surface area (TPSA) is 82.0 Å². The third-order valence-electron chi connectivity index (χ3n) is 4.02. The van der Waals surface area contributed by atoms with Gasteiger partial charge in [0.1, 0.15) is 0 Å². The molecule has 0 saturated carbocycles. The Morgan fingerprint density at radius 1 is 1.00 bits per heavy atom. The third-order valence-corrected chi connectivity index (χ3v) is 4.02. The van der Waals surface area contributed by atoms with Crippen LogP contribution in [0.25, 0.3) is 11.2 Å². The number of aliphatic hydroxyl groups is 1. The standard InChI is InChI=1S/C15H24N4O3/c1-17-13-12(14(21)18(2)15(17)22)19(11-16-13)9-7-5-3-4-6-8-10-20/h11,20H,3-10H2,1-2H3. The van der Waals surface area contributed by atoms with E-state index in [4.69, 9.17) is 5.11 Å². The van der Waals surface area contributed by atoms with Crippen LogP contribution in [0, 0.1) is 0 Å². The number of aromatic nitrogens is 4. The van der Waals surface area contributed by atoms with Crippen molar-refractivity contribution in [1.82, 2.24) is 18.7 Å². The zero-order valence-electron chi connectivity index (χ0n) is 13.3. The summed E-state index contributed by atoms with van der Waals surface area (Å²) in [6.45, 7) is 0.993. The summed E-state index contributed by atoms with van der Waals surface area (Å²) in [6.07, 6.45) is 7.87. The number of aliphatic hydroxyl groups excluding tert-OH is 1. The highest BCUT2D eigenvalue weighted by Gasteiger charge is 2.13. The lowest BCUT2D eigenvalue weighted by molar-refractivity contribution is 0.282. The molecule has 2 rings (SSSR count). The molecule has 0 aromatic carbocycles. The normalized spacial score (nSPS) is 11.4. The van der Waals surface area contributed by atoms with E-state index in [0.717, 1.165) is 49.6 Å². The first-order chi connectivity index (χ1) is 10.6. The Hall–Kier alpha value is -1.89. The highest BCUT2D eigenvalue weighted by Crippen LogP contribution is 2.10. The predicted octanol–water partition coefficient (Wildman–Crippen LogP) is 0.767. The number of hydrogen-bond acceptors (Lipinski definition) is 4. The second kappa shape index (κ2) is 7.40. The number of imidazole rings is 1. The third kappa shape index (κ3) is 3.30. The lowest BCUT2D eigenvalue weighted by atomic mass is 10.1. The van der Waals surface area contributed by atoms with Gasteiger partial charge >= 0.3 is 5.69 Å². The van der Waals surface area contributed by atoms with Crippen LogP contribution >= 0.6 is 0 Å². The Morgan fingerprint density at radius 3 is 2.32 bits per heavy atom. The maximum Gasteiger partial charge on any atom is 0.332 e. The first-order valence-corrected chi connectivity index (χ1v) is 7.79. The molecule has 0 bridgehead atoms. The summed E-state index contributed by atoms with van der Waals surface area (Å²) in [6, 6.07) is 0. The summed E-state index contributed by atoms with van der Waals surface area (Å²) in [5, 5.41) is 8.72. The molecule has 2 aromatic heterocycles. The summed E-state index contributed by atoms with van der Waals surface area (Å²) in [7, 11) is 3.12. The second-order valence-electron chi connectivity index (χ2n) is 5.66. The molecule has 0 aliphatic carbocycles. The van der Waals surface area contributed by atoms with Crippen LogP contribution in [-0.4, -0.2) is 30.4 Å². The molecule has 2 aromatic rings. The van der Waals surface area contributed by atoms with Gasteiger partial charge in [-0.15, -0.1) is 0 Å². The fraction of sp³-hybridized carbons (Fsp3) is 0.667. The Morgan fingerprint density at radius 2 is 1.64 bits per heavy atom. The van der Waals surface area contributed by atoms with Crippen LogP contribution in [0.15, 0.2) is 15.9 Å². The average Bonchev–Trinajstić information content (AvgIpc) is 2.94. The van der Waals surface area contributed by atoms with Gasteiger partial charge in [0.25, 0.3) is 5.56 Å². The summed E-state index contributed by atoms with van der Waals surface area (Å²) >= 11 is 0. The van der Waals surface area contributed by atoms with Gasteiger partial charge in [0.15, 0.2) is 11.2 Å². The molecule has 0 amide bonds. The van der Waals surface area contributed by atoms with Crippen molar-refractivity contribution < 1.29 is 5.11 Å². The molecule has 0 radical (unpaired) electrons. The van der Waals surface area contributed by atoms with Crippen molar-refractivity contribution in [2.45, 2.75) is 45.1 Å². The van der Waals surface area contributed by atoms with Crippen molar-refractivity contribution >= 4 is 11.2 Å². The van der Waals surface area contributed by atoms with E-state index in [0.29, 0.717) is 11.2 Å². The molecule has 7 heteroatoms. The van der Waals surface area contributed by atoms with Gasteiger partial charge in [-0.25, -0.2) is 9.78 Å². The van der Waals surface area contributed by atoms with Crippen LogP contribution in [0.5, 0.6) is 0 Å². The minimum absolute atomic E-state index is 0.267. The quantitative estimate of drug-likeness (QED) is 0.730. The second-order valence-corrected chi connectivity index (χ2v) is 5.66. The van der Waals surface area contributed by atoms with Crippen molar-refractivity contribution in [3.8, 4) is 0 Å². The van der Waals surface area contributed by atoms with Crippen molar-refractivity contribution in [3.05, 3.63) is 27.2 Å². The predicted molar refractivity (Wildman–Crippen MR) is 85.0 cm³/mol. The first-order valence-electron chi connectivity index (χ1n) is 7.79. The number of rotatable bonds is 8. The molecule has 0 unspecified atom stereocenters. The fourth-order valence-corrected chi connectivity index (χ4v) is 2.67. The molecule has 122 valence electrons. The zero-order valence-corrected chi connectivity index (χ0v) is 13.3. The van der Waals surface area contributed by atoms with Gasteiger partial charge in [0.05, 0.1) is 6.33 Å². The largest absolute Gasteiger partial charge is 0.396 e. The molecule has 0 saturated heterocycles. The van der Waals surface area contributed by atoms with Gasteiger partial charge in [0.2, 0.25) is 0 Å². The van der Waals surface area contributed by atoms with Gasteiger partial charge in [-0.2, -0.15) is 0 Å². The van der Waals surface area contributed by atoms with E-state index in [2.05, 4.69) is 4.98 Å². The van der Waals surface area contributed by atoms with E-state index in [-0.39, 0.29) is 17.9 Å². The lowest BCUT2D eigenvalue weighted by Crippen LogP contribution is -2.37. The first kappa shape index (κ1) is 16.5. The van der Waals surface area contributed by atoms with Gasteiger partial charge in [0, 0.05) is 27.2 Å². The number of aryl methyl sites for hydroxylation is 2. The lowest BCUT2D eigenvalue weighted by Gasteiger charge is -2.06. The van der Waals surface area contributed by atoms with Crippen LogP contribution in [-0.2, 0) is 20.6 Å². The fourth-order valence-electron chi connectivity index (χ4n) is 2.67. The minimum atomic E-state index is -0.355. The number of fused-ring (bicyclic) bond motifs is 1. The molecule has 0 fully saturated rings. The maximum atomic E-state index is 12.3. The molecule has 1 N–H and O–H groups in total. The summed E-state index contributed by atoms with van der Waals surface area (Å²) in [4.78, 5) is 28.3. The Bertz CT molecular complexity index is 742. The molecule has 0 aliphatic rings. The highest BCUT2D eigenvalue weighted by molar-refractivity contribution is 5.69. The SMILES string of the molecule is Cn1c(=O)c2c(ncn2CCCCCCCCO)n(C)c1=O. The zero-order chi connectivity index (χ0) is 16.1. The van der Waals surface area contributed by atoms with Crippen LogP contribution < -0.4 is 11.2 Å². The van der Waals surface area contributed by atoms with Crippen molar-refractivity contribution in [1.29, 1.82) is 0 Å². The summed E-state index contributed by atoms with van der Waals surface area (Å²) in [5.41, 5.74) is 0.283. The van der Waals surface area contributed by atoms with E-state index in [9.17, 15) is 9.59 Å². The van der Waals surface area contributed by atoms with Crippen molar-refractivity contribution in [2.24, 2.45) is 14.1 Å². The Balaban J connectivity index is 2.04. The van der Waals surface area contributed by atoms with Crippen LogP contribution in [0.1, 0.15) is 38.5 Å². The Labute approximate surface area is 128 Å². The number of hydrogen-bond donors (Lipinski definition) is 1. The van der Waals surface area contributed by atoms with Gasteiger partial charge in [-0.1, -0.05) is 25.7 Å². The molecular weight excluding hydrogens is 284 g/mol.